The maximum Gasteiger partial charge on any atom is 0.360 e. The average Bonchev–Trinajstić information content (AvgIpc) is 1.64. The van der Waals surface area contributed by atoms with Gasteiger partial charge >= 0.3 is 9.85 Å². The van der Waals surface area contributed by atoms with Gasteiger partial charge in [-0.3, -0.25) is 0 Å². The largest absolute Gasteiger partial charge is 0.360 e. The van der Waals surface area contributed by atoms with E-state index in [9.17, 15) is 22.0 Å². The highest BCUT2D eigenvalue weighted by atomic mass is 127. The maximum absolute atomic E-state index is 11.5. The molecule has 0 aromatic heterocycles. The molecule has 0 fully saturated rings. The van der Waals surface area contributed by atoms with Gasteiger partial charge in [-0.15, -0.1) is 0 Å². The standard InChI is InChI=1S/C3H2F5I/c4-1-2(5,6)3(7,8)9/h1H2. The van der Waals surface area contributed by atoms with Gasteiger partial charge in [0.05, 0.1) is 0 Å². The van der Waals surface area contributed by atoms with E-state index in [0.717, 1.165) is 0 Å². The van der Waals surface area contributed by atoms with Gasteiger partial charge in [0.25, 0.3) is 0 Å². The Kier molecular flexibility index (Phi) is 2.66. The molecule has 0 radical (unpaired) electrons. The van der Waals surface area contributed by atoms with Gasteiger partial charge in [-0.1, -0.05) is 0 Å². The molecule has 0 rings (SSSR count). The first-order valence-corrected chi connectivity index (χ1v) is 2.89. The van der Waals surface area contributed by atoms with Crippen LogP contribution in [0.5, 0.6) is 0 Å². The monoisotopic (exact) mass is 260 g/mol. The summed E-state index contributed by atoms with van der Waals surface area (Å²) in [7, 11) is 0. The van der Waals surface area contributed by atoms with Gasteiger partial charge in [0.15, 0.2) is 6.67 Å². The van der Waals surface area contributed by atoms with Crippen molar-refractivity contribution in [2.45, 2.75) is 9.85 Å². The molecule has 9 heavy (non-hydrogen) atoms. The third kappa shape index (κ3) is 2.23. The van der Waals surface area contributed by atoms with Crippen molar-refractivity contribution in [1.82, 2.24) is 0 Å². The Morgan fingerprint density at radius 2 is 1.44 bits per heavy atom. The Labute approximate surface area is 61.6 Å². The topological polar surface area (TPSA) is 0 Å². The second-order valence-corrected chi connectivity index (χ2v) is 2.69. The van der Waals surface area contributed by atoms with Crippen molar-refractivity contribution in [3.05, 3.63) is 0 Å². The van der Waals surface area contributed by atoms with Crippen LogP contribution in [0.4, 0.5) is 22.0 Å². The van der Waals surface area contributed by atoms with E-state index >= 15 is 0 Å². The van der Waals surface area contributed by atoms with Crippen LogP contribution in [0.15, 0.2) is 0 Å². The minimum Gasteiger partial charge on any atom is -0.244 e. The molecular weight excluding hydrogens is 258 g/mol. The third-order valence-electron chi connectivity index (χ3n) is 0.583. The molecule has 6 heteroatoms. The fourth-order valence-corrected chi connectivity index (χ4v) is 0.220. The highest BCUT2D eigenvalue weighted by Gasteiger charge is 2.54. The van der Waals surface area contributed by atoms with Crippen molar-refractivity contribution >= 4 is 22.6 Å². The molecule has 0 aromatic carbocycles. The van der Waals surface area contributed by atoms with E-state index in [4.69, 9.17) is 0 Å². The minimum absolute atomic E-state index is 0.196. The van der Waals surface area contributed by atoms with Gasteiger partial charge in [0.1, 0.15) is 0 Å². The van der Waals surface area contributed by atoms with Crippen LogP contribution in [-0.2, 0) is 0 Å². The van der Waals surface area contributed by atoms with E-state index in [0.29, 0.717) is 0 Å². The van der Waals surface area contributed by atoms with Crippen LogP contribution in [0.2, 0.25) is 0 Å². The fourth-order valence-electron chi connectivity index (χ4n) is 0.0758. The lowest BCUT2D eigenvalue weighted by Gasteiger charge is -2.17. The minimum atomic E-state index is -4.53. The van der Waals surface area contributed by atoms with Crippen LogP contribution in [0, 0.1) is 0 Å². The van der Waals surface area contributed by atoms with Gasteiger partial charge in [-0.2, -0.15) is 17.6 Å². The van der Waals surface area contributed by atoms with Crippen LogP contribution < -0.4 is 0 Å². The molecule has 0 bridgehead atoms. The summed E-state index contributed by atoms with van der Waals surface area (Å²) in [5.74, 6) is -4.53. The van der Waals surface area contributed by atoms with E-state index in [1.807, 2.05) is 0 Å². The molecule has 0 amide bonds. The Morgan fingerprint density at radius 1 is 1.11 bits per heavy atom. The van der Waals surface area contributed by atoms with E-state index in [1.54, 1.807) is 0 Å². The molecule has 0 aliphatic heterocycles. The highest BCUT2D eigenvalue weighted by molar-refractivity contribution is 14.1. The Morgan fingerprint density at radius 3 is 1.44 bits per heavy atom. The summed E-state index contributed by atoms with van der Waals surface area (Å²) in [6.45, 7) is -2.33. The first-order chi connectivity index (χ1) is 3.81. The summed E-state index contributed by atoms with van der Waals surface area (Å²) < 4.78 is 52.8. The molecular formula is C3H2F5I. The molecule has 0 atom stereocenters. The van der Waals surface area contributed by atoms with Gasteiger partial charge in [0, 0.05) is 22.6 Å². The molecule has 0 saturated carbocycles. The maximum atomic E-state index is 11.5. The average molecular weight is 260 g/mol. The predicted octanol–water partition coefficient (Wildman–Crippen LogP) is 2.62. The second kappa shape index (κ2) is 2.55. The molecule has 0 nitrogen and oxygen atoms in total. The van der Waals surface area contributed by atoms with Gasteiger partial charge in [-0.05, 0) is 0 Å². The summed E-state index contributed by atoms with van der Waals surface area (Å²) in [6.07, 6.45) is 0. The number of hydrogen-bond donors (Lipinski definition) is 0. The zero-order valence-corrected chi connectivity index (χ0v) is 6.13. The number of alkyl halides is 6. The van der Waals surface area contributed by atoms with E-state index in [-0.39, 0.29) is 22.6 Å². The van der Waals surface area contributed by atoms with Crippen molar-refractivity contribution in [2.75, 3.05) is 6.67 Å². The summed E-state index contributed by atoms with van der Waals surface area (Å²) in [5.41, 5.74) is 0. The van der Waals surface area contributed by atoms with Crippen molar-refractivity contribution in [2.24, 2.45) is 0 Å². The smallest absolute Gasteiger partial charge is 0.244 e. The van der Waals surface area contributed by atoms with E-state index < -0.39 is 16.5 Å². The molecule has 56 valence electrons. The van der Waals surface area contributed by atoms with Gasteiger partial charge < -0.3 is 0 Å². The van der Waals surface area contributed by atoms with Crippen LogP contribution in [0.3, 0.4) is 0 Å². The van der Waals surface area contributed by atoms with Crippen LogP contribution in [0.1, 0.15) is 0 Å². The summed E-state index contributed by atoms with van der Waals surface area (Å²) in [6, 6.07) is 0. The molecule has 0 aliphatic carbocycles. The summed E-state index contributed by atoms with van der Waals surface area (Å²) in [5, 5.41) is 0. The zero-order valence-electron chi connectivity index (χ0n) is 3.97. The summed E-state index contributed by atoms with van der Waals surface area (Å²) >= 11 is 0.196. The summed E-state index contributed by atoms with van der Waals surface area (Å²) in [4.78, 5) is 0. The quantitative estimate of drug-likeness (QED) is 0.406. The number of halogens is 6. The Bertz CT molecular complexity index is 94.9. The van der Waals surface area contributed by atoms with Crippen LogP contribution in [0.25, 0.3) is 0 Å². The molecule has 0 N–H and O–H groups in total. The number of hydrogen-bond acceptors (Lipinski definition) is 0. The van der Waals surface area contributed by atoms with Crippen molar-refractivity contribution < 1.29 is 22.0 Å². The van der Waals surface area contributed by atoms with Crippen LogP contribution >= 0.6 is 22.6 Å². The van der Waals surface area contributed by atoms with Gasteiger partial charge in [-0.25, -0.2) is 4.39 Å². The third-order valence-corrected chi connectivity index (χ3v) is 1.37. The SMILES string of the molecule is FCC(F)(F)C(F)(F)I. The molecule has 0 unspecified atom stereocenters. The van der Waals surface area contributed by atoms with Crippen molar-refractivity contribution in [3.8, 4) is 0 Å². The van der Waals surface area contributed by atoms with Crippen molar-refractivity contribution in [3.63, 3.8) is 0 Å². The normalized spacial score (nSPS) is 14.0. The predicted molar refractivity (Wildman–Crippen MR) is 29.9 cm³/mol. The van der Waals surface area contributed by atoms with E-state index in [1.165, 1.54) is 0 Å². The fraction of sp³-hybridized carbons (Fsp3) is 1.00. The first-order valence-electron chi connectivity index (χ1n) is 1.82. The molecule has 0 heterocycles. The molecule has 0 aromatic rings. The Balaban J connectivity index is 4.14. The Hall–Kier alpha value is 0.380. The lowest BCUT2D eigenvalue weighted by atomic mass is 10.4. The zero-order chi connectivity index (χ0) is 7.71. The molecule has 0 spiro atoms. The second-order valence-electron chi connectivity index (χ2n) is 1.34. The van der Waals surface area contributed by atoms with E-state index in [2.05, 4.69) is 0 Å². The van der Waals surface area contributed by atoms with Crippen molar-refractivity contribution in [1.29, 1.82) is 0 Å². The lowest BCUT2D eigenvalue weighted by molar-refractivity contribution is -0.150. The molecule has 0 saturated heterocycles. The van der Waals surface area contributed by atoms with Crippen LogP contribution in [-0.4, -0.2) is 16.5 Å². The lowest BCUT2D eigenvalue weighted by Crippen LogP contribution is -2.36. The molecule has 0 aliphatic rings. The first kappa shape index (κ1) is 9.38. The number of rotatable bonds is 2. The van der Waals surface area contributed by atoms with Gasteiger partial charge in [0.2, 0.25) is 0 Å². The highest BCUT2D eigenvalue weighted by Crippen LogP contribution is 2.39.